The van der Waals surface area contributed by atoms with Crippen LogP contribution in [0, 0.1) is 0 Å². The van der Waals surface area contributed by atoms with Crippen LogP contribution in [0.25, 0.3) is 0 Å². The number of aromatic nitrogens is 1. The molecule has 0 spiro atoms. The third-order valence-corrected chi connectivity index (χ3v) is 2.45. The minimum Gasteiger partial charge on any atom is -0.382 e. The lowest BCUT2D eigenvalue weighted by atomic mass is 10.3. The first-order valence-corrected chi connectivity index (χ1v) is 4.45. The van der Waals surface area contributed by atoms with Gasteiger partial charge < -0.3 is 20.3 Å². The standard InChI is InChI=1S/C7H12N2O3S/c1-11-6(12-2)5(10)4-3-9-7(8)13-4/h3,5-6,10H,1-2H3,(H2,8,9). The first-order valence-electron chi connectivity index (χ1n) is 3.64. The second-order valence-corrected chi connectivity index (χ2v) is 3.48. The van der Waals surface area contributed by atoms with E-state index in [9.17, 15) is 5.11 Å². The number of ether oxygens (including phenoxy) is 2. The first-order chi connectivity index (χ1) is 6.19. The number of nitrogens with zero attached hydrogens (tertiary/aromatic N) is 1. The molecule has 0 amide bonds. The molecule has 1 rings (SSSR count). The Labute approximate surface area is 80.1 Å². The lowest BCUT2D eigenvalue weighted by Crippen LogP contribution is -2.21. The highest BCUT2D eigenvalue weighted by Crippen LogP contribution is 2.25. The van der Waals surface area contributed by atoms with Crippen LogP contribution in [0.4, 0.5) is 5.13 Å². The van der Waals surface area contributed by atoms with Crippen LogP contribution in [0.15, 0.2) is 6.20 Å². The zero-order valence-electron chi connectivity index (χ0n) is 7.43. The Bertz CT molecular complexity index is 262. The van der Waals surface area contributed by atoms with Crippen molar-refractivity contribution < 1.29 is 14.6 Å². The molecule has 0 aliphatic heterocycles. The lowest BCUT2D eigenvalue weighted by molar-refractivity contribution is -0.165. The average Bonchev–Trinajstić information content (AvgIpc) is 2.54. The molecule has 5 nitrogen and oxygen atoms in total. The summed E-state index contributed by atoms with van der Waals surface area (Å²) in [7, 11) is 2.92. The van der Waals surface area contributed by atoms with Crippen molar-refractivity contribution in [2.24, 2.45) is 0 Å². The number of hydrogen-bond donors (Lipinski definition) is 2. The van der Waals surface area contributed by atoms with Gasteiger partial charge in [-0.1, -0.05) is 11.3 Å². The molecule has 3 N–H and O–H groups in total. The van der Waals surface area contributed by atoms with E-state index in [-0.39, 0.29) is 0 Å². The smallest absolute Gasteiger partial charge is 0.187 e. The van der Waals surface area contributed by atoms with Gasteiger partial charge in [0.15, 0.2) is 11.4 Å². The van der Waals surface area contributed by atoms with Crippen molar-refractivity contribution in [2.45, 2.75) is 12.4 Å². The summed E-state index contributed by atoms with van der Waals surface area (Å²) in [5, 5.41) is 10.1. The molecule has 1 aromatic rings. The fraction of sp³-hybridized carbons (Fsp3) is 0.571. The average molecular weight is 204 g/mol. The zero-order chi connectivity index (χ0) is 9.84. The maximum atomic E-state index is 9.66. The number of thiazole rings is 1. The van der Waals surface area contributed by atoms with E-state index in [0.29, 0.717) is 10.0 Å². The van der Waals surface area contributed by atoms with Gasteiger partial charge in [0.2, 0.25) is 0 Å². The van der Waals surface area contributed by atoms with E-state index in [1.54, 1.807) is 0 Å². The molecule has 1 unspecified atom stereocenters. The van der Waals surface area contributed by atoms with Crippen molar-refractivity contribution in [3.63, 3.8) is 0 Å². The van der Waals surface area contributed by atoms with Crippen LogP contribution >= 0.6 is 11.3 Å². The summed E-state index contributed by atoms with van der Waals surface area (Å²) in [4.78, 5) is 4.44. The number of rotatable bonds is 4. The van der Waals surface area contributed by atoms with Gasteiger partial charge in [0.05, 0.1) is 4.88 Å². The van der Waals surface area contributed by atoms with E-state index in [4.69, 9.17) is 15.2 Å². The van der Waals surface area contributed by atoms with Crippen LogP contribution in [0.5, 0.6) is 0 Å². The van der Waals surface area contributed by atoms with Crippen LogP contribution < -0.4 is 5.73 Å². The fourth-order valence-electron chi connectivity index (χ4n) is 0.926. The monoisotopic (exact) mass is 204 g/mol. The second-order valence-electron chi connectivity index (χ2n) is 2.39. The molecule has 13 heavy (non-hydrogen) atoms. The summed E-state index contributed by atoms with van der Waals surface area (Å²) in [6, 6.07) is 0. The van der Waals surface area contributed by atoms with E-state index in [1.807, 2.05) is 0 Å². The Morgan fingerprint density at radius 3 is 2.54 bits per heavy atom. The number of anilines is 1. The van der Waals surface area contributed by atoms with E-state index >= 15 is 0 Å². The summed E-state index contributed by atoms with van der Waals surface area (Å²) in [6.45, 7) is 0. The predicted octanol–water partition coefficient (Wildman–Crippen LogP) is 0.378. The molecule has 0 aliphatic rings. The van der Waals surface area contributed by atoms with E-state index in [2.05, 4.69) is 4.98 Å². The van der Waals surface area contributed by atoms with Gasteiger partial charge in [0.1, 0.15) is 6.10 Å². The molecule has 0 aliphatic carbocycles. The number of aliphatic hydroxyl groups is 1. The molecule has 1 heterocycles. The summed E-state index contributed by atoms with van der Waals surface area (Å²) in [6.07, 6.45) is -0.0138. The van der Waals surface area contributed by atoms with Crippen LogP contribution in [0.1, 0.15) is 11.0 Å². The molecular weight excluding hydrogens is 192 g/mol. The van der Waals surface area contributed by atoms with Crippen molar-refractivity contribution in [3.8, 4) is 0 Å². The van der Waals surface area contributed by atoms with Gasteiger partial charge in [-0.3, -0.25) is 0 Å². The SMILES string of the molecule is COC(OC)C(O)c1cnc(N)s1. The third kappa shape index (κ3) is 2.38. The maximum Gasteiger partial charge on any atom is 0.187 e. The third-order valence-electron chi connectivity index (χ3n) is 1.56. The van der Waals surface area contributed by atoms with Crippen molar-refractivity contribution in [2.75, 3.05) is 20.0 Å². The van der Waals surface area contributed by atoms with E-state index in [1.165, 1.54) is 31.8 Å². The molecule has 1 aromatic heterocycles. The van der Waals surface area contributed by atoms with Gasteiger partial charge in [-0.05, 0) is 0 Å². The van der Waals surface area contributed by atoms with Gasteiger partial charge in [-0.2, -0.15) is 0 Å². The number of nitrogen functional groups attached to an aromatic ring is 1. The summed E-state index contributed by atoms with van der Waals surface area (Å²) in [5.74, 6) is 0. The van der Waals surface area contributed by atoms with Crippen LogP contribution in [-0.2, 0) is 9.47 Å². The molecular formula is C7H12N2O3S. The molecule has 0 radical (unpaired) electrons. The summed E-state index contributed by atoms with van der Waals surface area (Å²) in [5.41, 5.74) is 5.41. The lowest BCUT2D eigenvalue weighted by Gasteiger charge is -2.17. The molecule has 6 heteroatoms. The molecule has 0 saturated carbocycles. The number of aliphatic hydroxyl groups excluding tert-OH is 1. The Kier molecular flexibility index (Phi) is 3.61. The number of hydrogen-bond acceptors (Lipinski definition) is 6. The Morgan fingerprint density at radius 2 is 2.15 bits per heavy atom. The first kappa shape index (κ1) is 10.4. The quantitative estimate of drug-likeness (QED) is 0.693. The zero-order valence-corrected chi connectivity index (χ0v) is 8.25. The molecule has 0 saturated heterocycles. The van der Waals surface area contributed by atoms with Gasteiger partial charge in [-0.25, -0.2) is 4.98 Å². The minimum atomic E-state index is -0.843. The largest absolute Gasteiger partial charge is 0.382 e. The van der Waals surface area contributed by atoms with Crippen molar-refractivity contribution >= 4 is 16.5 Å². The summed E-state index contributed by atoms with van der Waals surface area (Å²) < 4.78 is 9.78. The fourth-order valence-corrected chi connectivity index (χ4v) is 1.61. The number of nitrogens with two attached hydrogens (primary N) is 1. The van der Waals surface area contributed by atoms with E-state index in [0.717, 1.165) is 0 Å². The normalized spacial score (nSPS) is 13.5. The summed E-state index contributed by atoms with van der Waals surface area (Å²) >= 11 is 1.21. The molecule has 0 aromatic carbocycles. The van der Waals surface area contributed by atoms with Gasteiger partial charge in [0.25, 0.3) is 0 Å². The predicted molar refractivity (Wildman–Crippen MR) is 49.3 cm³/mol. The van der Waals surface area contributed by atoms with Crippen molar-refractivity contribution in [1.82, 2.24) is 4.98 Å². The topological polar surface area (TPSA) is 77.6 Å². The second kappa shape index (κ2) is 4.52. The highest BCUT2D eigenvalue weighted by molar-refractivity contribution is 7.15. The van der Waals surface area contributed by atoms with Crippen LogP contribution in [0.3, 0.4) is 0 Å². The van der Waals surface area contributed by atoms with Crippen molar-refractivity contribution in [1.29, 1.82) is 0 Å². The highest BCUT2D eigenvalue weighted by Gasteiger charge is 2.21. The molecule has 0 bridgehead atoms. The van der Waals surface area contributed by atoms with Gasteiger partial charge in [0, 0.05) is 20.4 Å². The minimum absolute atomic E-state index is 0.417. The Balaban J connectivity index is 2.71. The van der Waals surface area contributed by atoms with Gasteiger partial charge in [-0.15, -0.1) is 0 Å². The Morgan fingerprint density at radius 1 is 1.54 bits per heavy atom. The highest BCUT2D eigenvalue weighted by atomic mass is 32.1. The molecule has 74 valence electrons. The van der Waals surface area contributed by atoms with Crippen LogP contribution in [0.2, 0.25) is 0 Å². The van der Waals surface area contributed by atoms with Crippen molar-refractivity contribution in [3.05, 3.63) is 11.1 Å². The molecule has 1 atom stereocenters. The number of methoxy groups -OCH3 is 2. The maximum absolute atomic E-state index is 9.66. The van der Waals surface area contributed by atoms with Crippen LogP contribution in [-0.4, -0.2) is 30.6 Å². The Hall–Kier alpha value is -0.690. The van der Waals surface area contributed by atoms with Gasteiger partial charge >= 0.3 is 0 Å². The van der Waals surface area contributed by atoms with E-state index < -0.39 is 12.4 Å². The molecule has 0 fully saturated rings.